The summed E-state index contributed by atoms with van der Waals surface area (Å²) in [7, 11) is -4.34. The Labute approximate surface area is 291 Å². The molecule has 0 bridgehead atoms. The van der Waals surface area contributed by atoms with Crippen molar-refractivity contribution >= 4 is 52.2 Å². The Hall–Kier alpha value is -4.80. The normalized spacial score (nSPS) is 14.4. The number of hydrogen-bond acceptors (Lipinski definition) is 9. The van der Waals surface area contributed by atoms with Crippen LogP contribution in [0.3, 0.4) is 0 Å². The summed E-state index contributed by atoms with van der Waals surface area (Å²) < 4.78 is 41.2. The molecule has 2 aromatic heterocycles. The number of nitrogens with zero attached hydrogens (tertiary/aromatic N) is 3. The summed E-state index contributed by atoms with van der Waals surface area (Å²) in [6.07, 6.45) is -0.741. The summed E-state index contributed by atoms with van der Waals surface area (Å²) in [6.45, 7) is 9.91. The number of imidazole rings is 1. The van der Waals surface area contributed by atoms with E-state index in [-0.39, 0.29) is 13.2 Å². The molecule has 4 aromatic carbocycles. The summed E-state index contributed by atoms with van der Waals surface area (Å²) >= 11 is 0. The molecule has 0 saturated carbocycles. The zero-order chi connectivity index (χ0) is 35.5. The van der Waals surface area contributed by atoms with E-state index in [0.717, 1.165) is 21.7 Å². The number of hydrogen-bond donors (Lipinski definition) is 2. The lowest BCUT2D eigenvalue weighted by atomic mass is 10.1. The second-order valence-corrected chi connectivity index (χ2v) is 14.7. The van der Waals surface area contributed by atoms with Gasteiger partial charge >= 0.3 is 13.7 Å². The monoisotopic (exact) mass is 695 g/mol. The van der Waals surface area contributed by atoms with Crippen LogP contribution in [0.25, 0.3) is 32.7 Å². The quantitative estimate of drug-likeness (QED) is 0.0899. The number of carbonyl (C=O) groups excluding carboxylic acids is 1. The van der Waals surface area contributed by atoms with Crippen molar-refractivity contribution in [1.29, 1.82) is 0 Å². The Morgan fingerprint density at radius 2 is 1.64 bits per heavy atom. The van der Waals surface area contributed by atoms with Crippen LogP contribution in [0.15, 0.2) is 97.1 Å². The summed E-state index contributed by atoms with van der Waals surface area (Å²) in [5, 5.41) is 5.68. The summed E-state index contributed by atoms with van der Waals surface area (Å²) in [5.41, 5.74) is 8.13. The van der Waals surface area contributed by atoms with Gasteiger partial charge in [0.15, 0.2) is 5.82 Å². The molecule has 0 spiro atoms. The van der Waals surface area contributed by atoms with Crippen LogP contribution in [0.4, 0.5) is 5.82 Å². The van der Waals surface area contributed by atoms with Crippen molar-refractivity contribution in [2.24, 2.45) is 0 Å². The maximum Gasteiger partial charge on any atom is 0.460 e. The van der Waals surface area contributed by atoms with E-state index < -0.39 is 31.5 Å². The van der Waals surface area contributed by atoms with Crippen LogP contribution in [0.5, 0.6) is 5.75 Å². The standard InChI is InChI=1S/C38H42N5O6P/c1-6-46-24-32-41-34-35(30-18-12-13-19-31(30)40-36(34)39)43(32)23-25(2)48-50(45,49-29-21-20-26-14-10-11-17-28(26)22-29)42-33(27-15-8-7-9-16-27)37(44)47-38(3,4)5/h7-22,25,33H,6,23-24H2,1-5H3,(H2,39,40)(H,42,45)/t25-,33+,50?/m1/s1. The van der Waals surface area contributed by atoms with Crippen LogP contribution >= 0.6 is 7.75 Å². The molecule has 6 aromatic rings. The van der Waals surface area contributed by atoms with Gasteiger partial charge in [0.25, 0.3) is 0 Å². The molecule has 2 heterocycles. The maximum atomic E-state index is 15.1. The third-order valence-corrected chi connectivity index (χ3v) is 9.56. The molecule has 50 heavy (non-hydrogen) atoms. The highest BCUT2D eigenvalue weighted by Gasteiger charge is 2.38. The number of nitrogens with one attached hydrogen (secondary N) is 1. The van der Waals surface area contributed by atoms with E-state index in [1.54, 1.807) is 64.1 Å². The molecular formula is C38H42N5O6P. The molecule has 0 fully saturated rings. The predicted molar refractivity (Wildman–Crippen MR) is 196 cm³/mol. The summed E-state index contributed by atoms with van der Waals surface area (Å²) in [5.74, 6) is 0.573. The number of aromatic nitrogens is 3. The fourth-order valence-corrected chi connectivity index (χ4v) is 7.46. The molecule has 0 amide bonds. The molecule has 260 valence electrons. The Kier molecular flexibility index (Phi) is 10.2. The Balaban J connectivity index is 1.40. The zero-order valence-corrected chi connectivity index (χ0v) is 29.7. The first-order valence-corrected chi connectivity index (χ1v) is 18.1. The van der Waals surface area contributed by atoms with Gasteiger partial charge in [0.2, 0.25) is 0 Å². The van der Waals surface area contributed by atoms with Gasteiger partial charge in [-0.15, -0.1) is 0 Å². The SMILES string of the molecule is CCOCc1nc2c(N)nc3ccccc3c2n1C[C@@H](C)OP(=O)(N[C@H](C(=O)OC(C)(C)C)c1ccccc1)Oc1ccc2ccccc2c1. The second kappa shape index (κ2) is 14.6. The van der Waals surface area contributed by atoms with E-state index in [9.17, 15) is 4.79 Å². The predicted octanol–water partition coefficient (Wildman–Crippen LogP) is 8.12. The average Bonchev–Trinajstić information content (AvgIpc) is 3.44. The van der Waals surface area contributed by atoms with Crippen LogP contribution in [-0.4, -0.2) is 38.8 Å². The van der Waals surface area contributed by atoms with E-state index in [0.29, 0.717) is 40.6 Å². The molecule has 0 aliphatic heterocycles. The minimum absolute atomic E-state index is 0.196. The van der Waals surface area contributed by atoms with Gasteiger partial charge in [-0.05, 0) is 69.2 Å². The smallest absolute Gasteiger partial charge is 0.459 e. The van der Waals surface area contributed by atoms with Gasteiger partial charge in [-0.25, -0.2) is 19.3 Å². The molecule has 6 rings (SSSR count). The third kappa shape index (κ3) is 7.98. The third-order valence-electron chi connectivity index (χ3n) is 7.89. The summed E-state index contributed by atoms with van der Waals surface area (Å²) in [6, 6.07) is 28.6. The van der Waals surface area contributed by atoms with Crippen molar-refractivity contribution in [1.82, 2.24) is 19.6 Å². The fraction of sp³-hybridized carbons (Fsp3) is 0.289. The van der Waals surface area contributed by atoms with Crippen LogP contribution in [0, 0.1) is 0 Å². The van der Waals surface area contributed by atoms with Crippen LogP contribution in [-0.2, 0) is 36.5 Å². The van der Waals surface area contributed by atoms with Gasteiger partial charge in [0, 0.05) is 12.0 Å². The number of para-hydroxylation sites is 1. The lowest BCUT2D eigenvalue weighted by molar-refractivity contribution is -0.157. The van der Waals surface area contributed by atoms with Crippen molar-refractivity contribution in [3.63, 3.8) is 0 Å². The highest BCUT2D eigenvalue weighted by atomic mass is 31.2. The molecule has 3 atom stereocenters. The Morgan fingerprint density at radius 3 is 2.38 bits per heavy atom. The number of carbonyl (C=O) groups is 1. The molecule has 0 aliphatic rings. The molecule has 3 N–H and O–H groups in total. The van der Waals surface area contributed by atoms with Crippen molar-refractivity contribution in [3.05, 3.63) is 108 Å². The number of ether oxygens (including phenoxy) is 2. The molecule has 1 unspecified atom stereocenters. The first-order chi connectivity index (χ1) is 23.9. The van der Waals surface area contributed by atoms with E-state index in [1.807, 2.05) is 72.2 Å². The molecule has 11 nitrogen and oxygen atoms in total. The van der Waals surface area contributed by atoms with Gasteiger partial charge in [0.05, 0.1) is 23.7 Å². The van der Waals surface area contributed by atoms with Crippen LogP contribution in [0.1, 0.15) is 52.0 Å². The number of benzene rings is 4. The molecule has 0 radical (unpaired) electrons. The Bertz CT molecular complexity index is 2180. The fourth-order valence-electron chi connectivity index (χ4n) is 5.80. The van der Waals surface area contributed by atoms with E-state index in [2.05, 4.69) is 10.1 Å². The van der Waals surface area contributed by atoms with Crippen molar-refractivity contribution in [2.45, 2.75) is 65.5 Å². The first kappa shape index (κ1) is 35.0. The van der Waals surface area contributed by atoms with Crippen molar-refractivity contribution in [3.8, 4) is 5.75 Å². The van der Waals surface area contributed by atoms with Crippen LogP contribution < -0.4 is 15.3 Å². The minimum Gasteiger partial charge on any atom is -0.459 e. The van der Waals surface area contributed by atoms with Crippen molar-refractivity contribution in [2.75, 3.05) is 12.3 Å². The van der Waals surface area contributed by atoms with Gasteiger partial charge in [-0.1, -0.05) is 78.9 Å². The average molecular weight is 696 g/mol. The Morgan fingerprint density at radius 1 is 0.940 bits per heavy atom. The molecule has 0 aliphatic carbocycles. The van der Waals surface area contributed by atoms with Gasteiger partial charge in [0.1, 0.15) is 35.3 Å². The number of nitrogens with two attached hydrogens (primary N) is 1. The largest absolute Gasteiger partial charge is 0.460 e. The highest BCUT2D eigenvalue weighted by molar-refractivity contribution is 7.52. The van der Waals surface area contributed by atoms with Gasteiger partial charge < -0.3 is 24.3 Å². The molecular weight excluding hydrogens is 653 g/mol. The van der Waals surface area contributed by atoms with Crippen LogP contribution in [0.2, 0.25) is 0 Å². The van der Waals surface area contributed by atoms with E-state index >= 15 is 4.57 Å². The maximum absolute atomic E-state index is 15.1. The minimum atomic E-state index is -4.34. The molecule has 12 heteroatoms. The number of anilines is 1. The topological polar surface area (TPSA) is 140 Å². The first-order valence-electron chi connectivity index (χ1n) is 16.6. The van der Waals surface area contributed by atoms with E-state index in [4.69, 9.17) is 29.2 Å². The number of fused-ring (bicyclic) bond motifs is 4. The van der Waals surface area contributed by atoms with E-state index in [1.165, 1.54) is 0 Å². The number of pyridine rings is 1. The second-order valence-electron chi connectivity index (χ2n) is 13.0. The van der Waals surface area contributed by atoms with Gasteiger partial charge in [-0.3, -0.25) is 4.52 Å². The summed E-state index contributed by atoms with van der Waals surface area (Å²) in [4.78, 5) is 23.1. The number of nitrogen functional groups attached to an aromatic ring is 1. The lowest BCUT2D eigenvalue weighted by Gasteiger charge is -2.29. The number of rotatable bonds is 13. The van der Waals surface area contributed by atoms with Crippen molar-refractivity contribution < 1.29 is 27.9 Å². The number of esters is 1. The van der Waals surface area contributed by atoms with Gasteiger partial charge in [-0.2, -0.15) is 5.09 Å². The zero-order valence-electron chi connectivity index (χ0n) is 28.8. The molecule has 0 saturated heterocycles. The lowest BCUT2D eigenvalue weighted by Crippen LogP contribution is -2.35. The highest BCUT2D eigenvalue weighted by Crippen LogP contribution is 2.49.